The maximum atomic E-state index is 13.3. The quantitative estimate of drug-likeness (QED) is 0.639. The molecule has 2 aliphatic heterocycles. The van der Waals surface area contributed by atoms with E-state index in [2.05, 4.69) is 6.07 Å². The number of aliphatic imine (C=N–C) groups is 1. The van der Waals surface area contributed by atoms with Crippen molar-refractivity contribution in [2.24, 2.45) is 4.99 Å². The molecule has 30 heavy (non-hydrogen) atoms. The summed E-state index contributed by atoms with van der Waals surface area (Å²) < 4.78 is 11.0. The van der Waals surface area contributed by atoms with Gasteiger partial charge in [0.05, 0.1) is 18.9 Å². The van der Waals surface area contributed by atoms with Gasteiger partial charge >= 0.3 is 0 Å². The molecule has 2 aromatic carbocycles. The van der Waals surface area contributed by atoms with Gasteiger partial charge < -0.3 is 9.47 Å². The second-order valence-electron chi connectivity index (χ2n) is 7.63. The van der Waals surface area contributed by atoms with Crippen molar-refractivity contribution in [3.8, 4) is 5.75 Å². The standard InChI is InChI=1S/C24H26N2O3S/c1-16-11-17(2)13-19(12-16)26-23(27)22(14-18-6-8-20(28-3)9-7-18)25-24(26)30-15-21-5-4-10-29-21/h6-9,11-14,21H,4-5,10,15H2,1-3H3/b22-14+/t21-/m0/s1. The third-order valence-electron chi connectivity index (χ3n) is 5.14. The van der Waals surface area contributed by atoms with E-state index in [-0.39, 0.29) is 12.0 Å². The van der Waals surface area contributed by atoms with Gasteiger partial charge in [0, 0.05) is 12.4 Å². The smallest absolute Gasteiger partial charge is 0.283 e. The van der Waals surface area contributed by atoms with Gasteiger partial charge in [-0.25, -0.2) is 4.99 Å². The van der Waals surface area contributed by atoms with Crippen LogP contribution in [0.1, 0.15) is 29.5 Å². The highest BCUT2D eigenvalue weighted by molar-refractivity contribution is 8.14. The number of aryl methyl sites for hydroxylation is 2. The van der Waals surface area contributed by atoms with Crippen molar-refractivity contribution in [2.45, 2.75) is 32.8 Å². The summed E-state index contributed by atoms with van der Waals surface area (Å²) in [6.07, 6.45) is 4.21. The summed E-state index contributed by atoms with van der Waals surface area (Å²) in [5.41, 5.74) is 4.44. The number of hydrogen-bond donors (Lipinski definition) is 0. The molecular formula is C24H26N2O3S. The molecule has 0 N–H and O–H groups in total. The highest BCUT2D eigenvalue weighted by Gasteiger charge is 2.33. The van der Waals surface area contributed by atoms with Crippen LogP contribution in [0.3, 0.4) is 0 Å². The Kier molecular flexibility index (Phi) is 6.25. The Bertz CT molecular complexity index is 972. The Morgan fingerprint density at radius 1 is 1.20 bits per heavy atom. The third-order valence-corrected chi connectivity index (χ3v) is 6.21. The number of carbonyl (C=O) groups excluding carboxylic acids is 1. The van der Waals surface area contributed by atoms with E-state index >= 15 is 0 Å². The van der Waals surface area contributed by atoms with Crippen LogP contribution in [0.4, 0.5) is 5.69 Å². The summed E-state index contributed by atoms with van der Waals surface area (Å²) in [6.45, 7) is 4.91. The largest absolute Gasteiger partial charge is 0.497 e. The highest BCUT2D eigenvalue weighted by atomic mass is 32.2. The fourth-order valence-corrected chi connectivity index (χ4v) is 4.78. The predicted octanol–water partition coefficient (Wildman–Crippen LogP) is 4.97. The molecule has 0 bridgehead atoms. The Labute approximate surface area is 181 Å². The molecule has 156 valence electrons. The van der Waals surface area contributed by atoms with Gasteiger partial charge in [0.15, 0.2) is 5.17 Å². The number of ether oxygens (including phenoxy) is 2. The van der Waals surface area contributed by atoms with Crippen LogP contribution in [0.25, 0.3) is 6.08 Å². The molecule has 0 aliphatic carbocycles. The average Bonchev–Trinajstić information content (AvgIpc) is 3.34. The molecule has 0 unspecified atom stereocenters. The van der Waals surface area contributed by atoms with E-state index in [1.165, 1.54) is 0 Å². The molecule has 0 spiro atoms. The Morgan fingerprint density at radius 3 is 2.57 bits per heavy atom. The lowest BCUT2D eigenvalue weighted by atomic mass is 10.1. The van der Waals surface area contributed by atoms with Gasteiger partial charge in [-0.05, 0) is 73.7 Å². The fraction of sp³-hybridized carbons (Fsp3) is 0.333. The average molecular weight is 423 g/mol. The molecule has 0 saturated carbocycles. The summed E-state index contributed by atoms with van der Waals surface area (Å²) in [5.74, 6) is 1.47. The number of methoxy groups -OCH3 is 1. The van der Waals surface area contributed by atoms with Crippen LogP contribution >= 0.6 is 11.8 Å². The maximum Gasteiger partial charge on any atom is 0.283 e. The lowest BCUT2D eigenvalue weighted by Crippen LogP contribution is -2.31. The molecule has 1 fully saturated rings. The molecule has 5 nitrogen and oxygen atoms in total. The summed E-state index contributed by atoms with van der Waals surface area (Å²) in [7, 11) is 1.64. The fourth-order valence-electron chi connectivity index (χ4n) is 3.70. The van der Waals surface area contributed by atoms with Gasteiger partial charge in [0.25, 0.3) is 5.91 Å². The molecule has 4 rings (SSSR count). The second-order valence-corrected chi connectivity index (χ2v) is 8.62. The molecule has 2 heterocycles. The van der Waals surface area contributed by atoms with E-state index in [0.29, 0.717) is 10.9 Å². The van der Waals surface area contributed by atoms with Crippen molar-refractivity contribution in [3.05, 3.63) is 64.9 Å². The van der Waals surface area contributed by atoms with Gasteiger partial charge in [-0.2, -0.15) is 0 Å². The van der Waals surface area contributed by atoms with Crippen LogP contribution in [0.15, 0.2) is 53.2 Å². The van der Waals surface area contributed by atoms with Crippen molar-refractivity contribution >= 4 is 34.6 Å². The number of thioether (sulfide) groups is 1. The molecule has 1 atom stereocenters. The third kappa shape index (κ3) is 4.60. The molecule has 6 heteroatoms. The van der Waals surface area contributed by atoms with E-state index in [0.717, 1.165) is 53.3 Å². The second kappa shape index (κ2) is 9.06. The normalized spacial score (nSPS) is 20.2. The Hall–Kier alpha value is -2.57. The molecule has 2 aliphatic rings. The molecule has 2 aromatic rings. The van der Waals surface area contributed by atoms with E-state index < -0.39 is 0 Å². The highest BCUT2D eigenvalue weighted by Crippen LogP contribution is 2.32. The summed E-state index contributed by atoms with van der Waals surface area (Å²) >= 11 is 1.59. The van der Waals surface area contributed by atoms with Crippen LogP contribution in [-0.4, -0.2) is 36.6 Å². The number of carbonyl (C=O) groups is 1. The van der Waals surface area contributed by atoms with E-state index in [1.807, 2.05) is 56.3 Å². The number of hydrogen-bond acceptors (Lipinski definition) is 5. The number of rotatable bonds is 5. The minimum absolute atomic E-state index is 0.106. The van der Waals surface area contributed by atoms with Gasteiger partial charge in [-0.15, -0.1) is 0 Å². The number of amides is 1. The van der Waals surface area contributed by atoms with Gasteiger partial charge in [0.2, 0.25) is 0 Å². The topological polar surface area (TPSA) is 51.1 Å². The zero-order valence-electron chi connectivity index (χ0n) is 17.6. The van der Waals surface area contributed by atoms with Crippen LogP contribution in [0, 0.1) is 13.8 Å². The van der Waals surface area contributed by atoms with E-state index in [4.69, 9.17) is 14.5 Å². The Balaban J connectivity index is 1.65. The van der Waals surface area contributed by atoms with Crippen molar-refractivity contribution in [1.82, 2.24) is 0 Å². The maximum absolute atomic E-state index is 13.3. The van der Waals surface area contributed by atoms with E-state index in [1.54, 1.807) is 23.8 Å². The molecule has 1 amide bonds. The van der Waals surface area contributed by atoms with Gasteiger partial charge in [-0.1, -0.05) is 30.0 Å². The molecule has 0 radical (unpaired) electrons. The first-order valence-corrected chi connectivity index (χ1v) is 11.1. The lowest BCUT2D eigenvalue weighted by molar-refractivity contribution is -0.113. The van der Waals surface area contributed by atoms with Crippen molar-refractivity contribution in [1.29, 1.82) is 0 Å². The summed E-state index contributed by atoms with van der Waals surface area (Å²) in [6, 6.07) is 13.8. The first kappa shape index (κ1) is 20.7. The predicted molar refractivity (Wildman–Crippen MR) is 123 cm³/mol. The van der Waals surface area contributed by atoms with E-state index in [9.17, 15) is 4.79 Å². The number of nitrogens with zero attached hydrogens (tertiary/aromatic N) is 2. The number of anilines is 1. The van der Waals surface area contributed by atoms with Crippen LogP contribution in [0.2, 0.25) is 0 Å². The molecule has 1 saturated heterocycles. The van der Waals surface area contributed by atoms with Gasteiger partial charge in [0.1, 0.15) is 11.4 Å². The zero-order valence-corrected chi connectivity index (χ0v) is 18.4. The zero-order chi connectivity index (χ0) is 21.1. The van der Waals surface area contributed by atoms with Crippen molar-refractivity contribution < 1.29 is 14.3 Å². The monoisotopic (exact) mass is 422 g/mol. The lowest BCUT2D eigenvalue weighted by Gasteiger charge is -2.20. The molecular weight excluding hydrogens is 396 g/mol. The first-order chi connectivity index (χ1) is 14.5. The number of amidine groups is 1. The van der Waals surface area contributed by atoms with Crippen LogP contribution < -0.4 is 9.64 Å². The Morgan fingerprint density at radius 2 is 1.93 bits per heavy atom. The first-order valence-electron chi connectivity index (χ1n) is 10.1. The summed E-state index contributed by atoms with van der Waals surface area (Å²) in [4.78, 5) is 19.8. The molecule has 0 aromatic heterocycles. The SMILES string of the molecule is COc1ccc(/C=C2/N=C(SC[C@@H]3CCCO3)N(c3cc(C)cc(C)c3)C2=O)cc1. The minimum Gasteiger partial charge on any atom is -0.497 e. The van der Waals surface area contributed by atoms with Crippen molar-refractivity contribution in [3.63, 3.8) is 0 Å². The van der Waals surface area contributed by atoms with Gasteiger partial charge in [-0.3, -0.25) is 9.69 Å². The van der Waals surface area contributed by atoms with Crippen LogP contribution in [-0.2, 0) is 9.53 Å². The number of benzene rings is 2. The van der Waals surface area contributed by atoms with Crippen LogP contribution in [0.5, 0.6) is 5.75 Å². The summed E-state index contributed by atoms with van der Waals surface area (Å²) in [5, 5.41) is 0.709. The van der Waals surface area contributed by atoms with Crippen molar-refractivity contribution in [2.75, 3.05) is 24.4 Å². The minimum atomic E-state index is -0.106.